The normalized spacial score (nSPS) is 15.1. The summed E-state index contributed by atoms with van der Waals surface area (Å²) in [6.07, 6.45) is 0. The molecule has 0 atom stereocenters. The molecule has 2 amide bonds. The summed E-state index contributed by atoms with van der Waals surface area (Å²) in [7, 11) is -2.31. The van der Waals surface area contributed by atoms with Gasteiger partial charge in [-0.15, -0.1) is 0 Å². The average molecular weight is 464 g/mol. The quantitative estimate of drug-likeness (QED) is 0.656. The van der Waals surface area contributed by atoms with E-state index in [1.807, 2.05) is 13.0 Å². The first-order chi connectivity index (χ1) is 15.2. The summed E-state index contributed by atoms with van der Waals surface area (Å²) >= 11 is 0. The number of benzene rings is 1. The highest BCUT2D eigenvalue weighted by Gasteiger charge is 2.32. The van der Waals surface area contributed by atoms with Gasteiger partial charge in [-0.25, -0.2) is 17.8 Å². The van der Waals surface area contributed by atoms with E-state index in [2.05, 4.69) is 10.3 Å². The molecule has 0 saturated carbocycles. The highest BCUT2D eigenvalue weighted by Crippen LogP contribution is 2.20. The molecule has 1 saturated heterocycles. The van der Waals surface area contributed by atoms with Crippen LogP contribution in [0.1, 0.15) is 5.69 Å². The van der Waals surface area contributed by atoms with Crippen LogP contribution in [-0.4, -0.2) is 85.6 Å². The van der Waals surface area contributed by atoms with Gasteiger partial charge in [0, 0.05) is 31.9 Å². The Morgan fingerprint density at radius 3 is 2.41 bits per heavy atom. The molecular formula is C21H26FN5O4S. The van der Waals surface area contributed by atoms with Gasteiger partial charge in [-0.05, 0) is 38.2 Å². The van der Waals surface area contributed by atoms with Crippen LogP contribution in [0.25, 0.3) is 0 Å². The maximum absolute atomic E-state index is 13.9. The van der Waals surface area contributed by atoms with Crippen LogP contribution in [0.5, 0.6) is 0 Å². The van der Waals surface area contributed by atoms with Crippen molar-refractivity contribution in [3.8, 4) is 0 Å². The van der Waals surface area contributed by atoms with Crippen molar-refractivity contribution in [3.05, 3.63) is 54.0 Å². The van der Waals surface area contributed by atoms with E-state index in [4.69, 9.17) is 0 Å². The topological polar surface area (TPSA) is 103 Å². The number of nitrogens with zero attached hydrogens (tertiary/aromatic N) is 4. The molecule has 1 aromatic heterocycles. The number of carbonyl (C=O) groups is 2. The van der Waals surface area contributed by atoms with E-state index in [-0.39, 0.29) is 56.0 Å². The zero-order valence-corrected chi connectivity index (χ0v) is 18.8. The van der Waals surface area contributed by atoms with Gasteiger partial charge in [0.2, 0.25) is 21.8 Å². The Morgan fingerprint density at radius 1 is 1.06 bits per heavy atom. The van der Waals surface area contributed by atoms with Crippen molar-refractivity contribution in [1.82, 2.24) is 19.1 Å². The number of anilines is 1. The Kier molecular flexibility index (Phi) is 7.54. The van der Waals surface area contributed by atoms with Crippen molar-refractivity contribution in [3.63, 3.8) is 0 Å². The number of halogens is 1. The van der Waals surface area contributed by atoms with E-state index < -0.39 is 15.8 Å². The number of aromatic nitrogens is 1. The molecule has 1 aliphatic rings. The molecule has 2 heterocycles. The third-order valence-electron chi connectivity index (χ3n) is 5.02. The summed E-state index contributed by atoms with van der Waals surface area (Å²) in [5.74, 6) is -0.857. The average Bonchev–Trinajstić information content (AvgIpc) is 2.73. The number of pyridine rings is 1. The zero-order chi connectivity index (χ0) is 23.3. The summed E-state index contributed by atoms with van der Waals surface area (Å²) in [5.41, 5.74) is 0.780. The van der Waals surface area contributed by atoms with Gasteiger partial charge in [0.25, 0.3) is 0 Å². The Bertz CT molecular complexity index is 1090. The van der Waals surface area contributed by atoms with Crippen molar-refractivity contribution in [2.24, 2.45) is 0 Å². The standard InChI is InChI=1S/C21H26FN5O4S/c1-16-6-5-9-19(23-16)24-20(28)14-25(2)15-21(29)26-10-12-27(13-11-26)32(30,31)18-8-4-3-7-17(18)22/h3-9H,10-15H2,1-2H3,(H,23,24,28). The molecule has 0 unspecified atom stereocenters. The van der Waals surface area contributed by atoms with Gasteiger partial charge in [0.1, 0.15) is 16.5 Å². The third-order valence-corrected chi connectivity index (χ3v) is 6.95. The van der Waals surface area contributed by atoms with Crippen LogP contribution in [0.15, 0.2) is 47.4 Å². The van der Waals surface area contributed by atoms with Crippen molar-refractivity contribution in [1.29, 1.82) is 0 Å². The molecule has 1 aromatic carbocycles. The summed E-state index contributed by atoms with van der Waals surface area (Å²) in [6.45, 7) is 2.37. The number of rotatable bonds is 7. The molecule has 0 bridgehead atoms. The predicted octanol–water partition coefficient (Wildman–Crippen LogP) is 0.933. The number of amides is 2. The number of likely N-dealkylation sites (N-methyl/N-ethyl adjacent to an activating group) is 1. The van der Waals surface area contributed by atoms with E-state index >= 15 is 0 Å². The molecule has 172 valence electrons. The second kappa shape index (κ2) is 10.2. The van der Waals surface area contributed by atoms with E-state index in [0.29, 0.717) is 5.82 Å². The van der Waals surface area contributed by atoms with E-state index in [0.717, 1.165) is 11.8 Å². The van der Waals surface area contributed by atoms with Crippen LogP contribution in [-0.2, 0) is 19.6 Å². The molecule has 32 heavy (non-hydrogen) atoms. The number of hydrogen-bond donors (Lipinski definition) is 1. The molecule has 3 rings (SSSR count). The third kappa shape index (κ3) is 5.87. The second-order valence-corrected chi connectivity index (χ2v) is 9.51. The summed E-state index contributed by atoms with van der Waals surface area (Å²) in [4.78, 5) is 31.7. The Hall–Kier alpha value is -2.89. The molecule has 1 N–H and O–H groups in total. The van der Waals surface area contributed by atoms with Crippen molar-refractivity contribution < 1.29 is 22.4 Å². The first kappa shape index (κ1) is 23.8. The minimum absolute atomic E-state index is 0.00297. The second-order valence-electron chi connectivity index (χ2n) is 7.60. The lowest BCUT2D eigenvalue weighted by Crippen LogP contribution is -2.52. The van der Waals surface area contributed by atoms with Crippen LogP contribution in [0.2, 0.25) is 0 Å². The van der Waals surface area contributed by atoms with E-state index in [9.17, 15) is 22.4 Å². The highest BCUT2D eigenvalue weighted by atomic mass is 32.2. The summed E-state index contributed by atoms with van der Waals surface area (Å²) in [5, 5.41) is 2.69. The number of carbonyl (C=O) groups excluding carboxylic acids is 2. The largest absolute Gasteiger partial charge is 0.339 e. The van der Waals surface area contributed by atoms with Crippen molar-refractivity contribution >= 4 is 27.7 Å². The molecule has 0 radical (unpaired) electrons. The van der Waals surface area contributed by atoms with Crippen LogP contribution in [0, 0.1) is 12.7 Å². The highest BCUT2D eigenvalue weighted by molar-refractivity contribution is 7.89. The number of hydrogen-bond acceptors (Lipinski definition) is 6. The molecule has 0 spiro atoms. The predicted molar refractivity (Wildman–Crippen MR) is 117 cm³/mol. The molecular weight excluding hydrogens is 437 g/mol. The maximum atomic E-state index is 13.9. The number of sulfonamides is 1. The summed E-state index contributed by atoms with van der Waals surface area (Å²) < 4.78 is 40.5. The lowest BCUT2D eigenvalue weighted by atomic mass is 10.3. The summed E-state index contributed by atoms with van der Waals surface area (Å²) in [6, 6.07) is 10.5. The minimum Gasteiger partial charge on any atom is -0.339 e. The van der Waals surface area contributed by atoms with Gasteiger partial charge in [0.05, 0.1) is 13.1 Å². The number of piperazine rings is 1. The van der Waals surface area contributed by atoms with Crippen LogP contribution >= 0.6 is 0 Å². The van der Waals surface area contributed by atoms with Gasteiger partial charge < -0.3 is 10.2 Å². The van der Waals surface area contributed by atoms with E-state index in [1.165, 1.54) is 22.5 Å². The van der Waals surface area contributed by atoms with Crippen LogP contribution in [0.3, 0.4) is 0 Å². The van der Waals surface area contributed by atoms with Gasteiger partial charge in [-0.1, -0.05) is 18.2 Å². The SMILES string of the molecule is Cc1cccc(NC(=O)CN(C)CC(=O)N2CCN(S(=O)(=O)c3ccccc3F)CC2)n1. The van der Waals surface area contributed by atoms with E-state index in [1.54, 1.807) is 29.0 Å². The number of aryl methyl sites for hydroxylation is 1. The fourth-order valence-corrected chi connectivity index (χ4v) is 4.89. The molecule has 11 heteroatoms. The maximum Gasteiger partial charge on any atom is 0.246 e. The smallest absolute Gasteiger partial charge is 0.246 e. The van der Waals surface area contributed by atoms with Gasteiger partial charge in [-0.3, -0.25) is 14.5 Å². The lowest BCUT2D eigenvalue weighted by molar-refractivity contribution is -0.133. The molecule has 1 fully saturated rings. The van der Waals surface area contributed by atoms with Gasteiger partial charge >= 0.3 is 0 Å². The van der Waals surface area contributed by atoms with Gasteiger partial charge in [0.15, 0.2) is 0 Å². The fourth-order valence-electron chi connectivity index (χ4n) is 3.40. The monoisotopic (exact) mass is 463 g/mol. The molecule has 0 aliphatic carbocycles. The zero-order valence-electron chi connectivity index (χ0n) is 18.0. The minimum atomic E-state index is -3.96. The Labute approximate surface area is 186 Å². The first-order valence-corrected chi connectivity index (χ1v) is 11.6. The molecule has 2 aromatic rings. The molecule has 9 nitrogen and oxygen atoms in total. The van der Waals surface area contributed by atoms with Crippen LogP contribution in [0.4, 0.5) is 10.2 Å². The first-order valence-electron chi connectivity index (χ1n) is 10.1. The van der Waals surface area contributed by atoms with Crippen LogP contribution < -0.4 is 5.32 Å². The Balaban J connectivity index is 1.49. The van der Waals surface area contributed by atoms with Crippen molar-refractivity contribution in [2.75, 3.05) is 51.6 Å². The molecule has 1 aliphatic heterocycles. The van der Waals surface area contributed by atoms with Gasteiger partial charge in [-0.2, -0.15) is 4.31 Å². The fraction of sp³-hybridized carbons (Fsp3) is 0.381. The van der Waals surface area contributed by atoms with Crippen molar-refractivity contribution in [2.45, 2.75) is 11.8 Å². The Morgan fingerprint density at radius 2 is 1.75 bits per heavy atom. The lowest BCUT2D eigenvalue weighted by Gasteiger charge is -2.34. The number of nitrogens with one attached hydrogen (secondary N) is 1.